The number of para-hydroxylation sites is 1. The number of aromatic hydroxyl groups is 1. The van der Waals surface area contributed by atoms with Crippen LogP contribution in [0.1, 0.15) is 25.6 Å². The Labute approximate surface area is 94.3 Å². The molecule has 0 fully saturated rings. The molecule has 0 aliphatic rings. The Hall–Kier alpha value is -1.77. The van der Waals surface area contributed by atoms with Crippen molar-refractivity contribution in [3.05, 3.63) is 30.0 Å². The van der Waals surface area contributed by atoms with Gasteiger partial charge in [0, 0.05) is 23.5 Å². The lowest BCUT2D eigenvalue weighted by Crippen LogP contribution is -2.05. The Morgan fingerprint density at radius 2 is 2.19 bits per heavy atom. The van der Waals surface area contributed by atoms with E-state index < -0.39 is 0 Å². The molecule has 0 aliphatic carbocycles. The number of aromatic nitrogens is 1. The van der Waals surface area contributed by atoms with E-state index in [1.54, 1.807) is 6.07 Å². The fraction of sp³-hybridized carbons (Fsp3) is 0.308. The first kappa shape index (κ1) is 10.7. The predicted octanol–water partition coefficient (Wildman–Crippen LogP) is 2.67. The minimum Gasteiger partial charge on any atom is -0.506 e. The SMILES string of the molecule is CC(C)n1c(CC=O)cc2cccc(O)c21. The fourth-order valence-electron chi connectivity index (χ4n) is 2.15. The van der Waals surface area contributed by atoms with Gasteiger partial charge in [0.1, 0.15) is 12.0 Å². The van der Waals surface area contributed by atoms with Gasteiger partial charge in [0.25, 0.3) is 0 Å². The van der Waals surface area contributed by atoms with Gasteiger partial charge in [0.15, 0.2) is 0 Å². The standard InChI is InChI=1S/C13H15NO2/c1-9(2)14-11(6-7-15)8-10-4-3-5-12(16)13(10)14/h3-5,7-9,16H,6H2,1-2H3. The molecule has 2 aromatic rings. The minimum absolute atomic E-state index is 0.223. The first-order chi connectivity index (χ1) is 7.65. The van der Waals surface area contributed by atoms with Crippen LogP contribution in [0, 0.1) is 0 Å². The number of benzene rings is 1. The molecule has 0 aliphatic heterocycles. The highest BCUT2D eigenvalue weighted by atomic mass is 16.3. The van der Waals surface area contributed by atoms with Crippen LogP contribution in [-0.4, -0.2) is 16.0 Å². The minimum atomic E-state index is 0.223. The normalized spacial score (nSPS) is 11.2. The van der Waals surface area contributed by atoms with Crippen LogP contribution in [0.15, 0.2) is 24.3 Å². The van der Waals surface area contributed by atoms with E-state index in [1.807, 2.05) is 36.6 Å². The number of fused-ring (bicyclic) bond motifs is 1. The maximum Gasteiger partial charge on any atom is 0.139 e. The van der Waals surface area contributed by atoms with Crippen molar-refractivity contribution < 1.29 is 9.90 Å². The zero-order valence-electron chi connectivity index (χ0n) is 9.47. The van der Waals surface area contributed by atoms with Crippen LogP contribution in [0.4, 0.5) is 0 Å². The van der Waals surface area contributed by atoms with E-state index in [4.69, 9.17) is 0 Å². The number of aldehydes is 1. The molecule has 0 radical (unpaired) electrons. The van der Waals surface area contributed by atoms with Crippen molar-refractivity contribution in [1.82, 2.24) is 4.57 Å². The van der Waals surface area contributed by atoms with Crippen LogP contribution in [-0.2, 0) is 11.2 Å². The average molecular weight is 217 g/mol. The van der Waals surface area contributed by atoms with E-state index >= 15 is 0 Å². The molecule has 0 saturated heterocycles. The topological polar surface area (TPSA) is 42.2 Å². The van der Waals surface area contributed by atoms with Crippen molar-refractivity contribution >= 4 is 17.2 Å². The zero-order chi connectivity index (χ0) is 11.7. The summed E-state index contributed by atoms with van der Waals surface area (Å²) in [6.07, 6.45) is 1.27. The lowest BCUT2D eigenvalue weighted by Gasteiger charge is -2.14. The Morgan fingerprint density at radius 3 is 2.81 bits per heavy atom. The van der Waals surface area contributed by atoms with Gasteiger partial charge in [-0.3, -0.25) is 0 Å². The smallest absolute Gasteiger partial charge is 0.139 e. The van der Waals surface area contributed by atoms with Gasteiger partial charge in [-0.1, -0.05) is 12.1 Å². The van der Waals surface area contributed by atoms with Crippen LogP contribution in [0.5, 0.6) is 5.75 Å². The van der Waals surface area contributed by atoms with Crippen molar-refractivity contribution in [3.63, 3.8) is 0 Å². The average Bonchev–Trinajstić information content (AvgIpc) is 2.58. The van der Waals surface area contributed by atoms with E-state index in [2.05, 4.69) is 0 Å². The number of rotatable bonds is 3. The summed E-state index contributed by atoms with van der Waals surface area (Å²) >= 11 is 0. The Balaban J connectivity index is 2.77. The van der Waals surface area contributed by atoms with Gasteiger partial charge in [0.05, 0.1) is 5.52 Å². The lowest BCUT2D eigenvalue weighted by molar-refractivity contribution is -0.107. The molecule has 84 valence electrons. The van der Waals surface area contributed by atoms with Crippen LogP contribution in [0.3, 0.4) is 0 Å². The molecule has 0 bridgehead atoms. The second-order valence-corrected chi connectivity index (χ2v) is 4.19. The van der Waals surface area contributed by atoms with Crippen molar-refractivity contribution in [2.45, 2.75) is 26.3 Å². The van der Waals surface area contributed by atoms with E-state index in [1.165, 1.54) is 0 Å². The maximum atomic E-state index is 10.6. The molecule has 0 unspecified atom stereocenters. The number of hydrogen-bond acceptors (Lipinski definition) is 2. The third-order valence-electron chi connectivity index (χ3n) is 2.73. The largest absolute Gasteiger partial charge is 0.506 e. The van der Waals surface area contributed by atoms with Gasteiger partial charge in [-0.25, -0.2) is 0 Å². The maximum absolute atomic E-state index is 10.6. The van der Waals surface area contributed by atoms with E-state index in [9.17, 15) is 9.90 Å². The van der Waals surface area contributed by atoms with Gasteiger partial charge in [0.2, 0.25) is 0 Å². The summed E-state index contributed by atoms with van der Waals surface area (Å²) in [5.41, 5.74) is 1.76. The monoisotopic (exact) mass is 217 g/mol. The molecule has 3 heteroatoms. The molecule has 1 aromatic heterocycles. The molecular formula is C13H15NO2. The first-order valence-electron chi connectivity index (χ1n) is 5.40. The van der Waals surface area contributed by atoms with Crippen LogP contribution >= 0.6 is 0 Å². The zero-order valence-corrected chi connectivity index (χ0v) is 9.47. The molecular weight excluding hydrogens is 202 g/mol. The van der Waals surface area contributed by atoms with Gasteiger partial charge in [-0.05, 0) is 26.0 Å². The third kappa shape index (κ3) is 1.58. The van der Waals surface area contributed by atoms with Crippen molar-refractivity contribution in [3.8, 4) is 5.75 Å². The number of carbonyl (C=O) groups is 1. The summed E-state index contributed by atoms with van der Waals surface area (Å²) < 4.78 is 2.01. The number of phenolic OH excluding ortho intramolecular Hbond substituents is 1. The quantitative estimate of drug-likeness (QED) is 0.803. The van der Waals surface area contributed by atoms with E-state index in [-0.39, 0.29) is 11.8 Å². The van der Waals surface area contributed by atoms with Crippen LogP contribution in [0.25, 0.3) is 10.9 Å². The second-order valence-electron chi connectivity index (χ2n) is 4.19. The number of phenols is 1. The third-order valence-corrected chi connectivity index (χ3v) is 2.73. The highest BCUT2D eigenvalue weighted by Gasteiger charge is 2.13. The number of nitrogens with zero attached hydrogens (tertiary/aromatic N) is 1. The molecule has 1 aromatic carbocycles. The van der Waals surface area contributed by atoms with E-state index in [0.29, 0.717) is 6.42 Å². The lowest BCUT2D eigenvalue weighted by atomic mass is 10.2. The Kier molecular flexibility index (Phi) is 2.69. The molecule has 0 atom stereocenters. The van der Waals surface area contributed by atoms with Crippen LogP contribution < -0.4 is 0 Å². The first-order valence-corrected chi connectivity index (χ1v) is 5.40. The van der Waals surface area contributed by atoms with Crippen molar-refractivity contribution in [2.24, 2.45) is 0 Å². The molecule has 2 rings (SSSR count). The molecule has 1 heterocycles. The Bertz CT molecular complexity index is 526. The van der Waals surface area contributed by atoms with Gasteiger partial charge in [-0.15, -0.1) is 0 Å². The van der Waals surface area contributed by atoms with Crippen molar-refractivity contribution in [2.75, 3.05) is 0 Å². The predicted molar refractivity (Wildman–Crippen MR) is 63.8 cm³/mol. The highest BCUT2D eigenvalue weighted by molar-refractivity contribution is 5.87. The fourth-order valence-corrected chi connectivity index (χ4v) is 2.15. The second kappa shape index (κ2) is 4.00. The molecule has 0 amide bonds. The van der Waals surface area contributed by atoms with Gasteiger partial charge < -0.3 is 14.5 Å². The molecule has 0 saturated carbocycles. The summed E-state index contributed by atoms with van der Waals surface area (Å²) in [4.78, 5) is 10.6. The molecule has 1 N–H and O–H groups in total. The summed E-state index contributed by atoms with van der Waals surface area (Å²) in [7, 11) is 0. The summed E-state index contributed by atoms with van der Waals surface area (Å²) in [6, 6.07) is 7.62. The van der Waals surface area contributed by atoms with Crippen molar-refractivity contribution in [1.29, 1.82) is 0 Å². The summed E-state index contributed by atoms with van der Waals surface area (Å²) in [5.74, 6) is 0.267. The molecule has 0 spiro atoms. The number of carbonyl (C=O) groups excluding carboxylic acids is 1. The summed E-state index contributed by atoms with van der Waals surface area (Å²) in [6.45, 7) is 4.08. The molecule has 16 heavy (non-hydrogen) atoms. The van der Waals surface area contributed by atoms with Crippen LogP contribution in [0.2, 0.25) is 0 Å². The summed E-state index contributed by atoms with van der Waals surface area (Å²) in [5, 5.41) is 10.9. The van der Waals surface area contributed by atoms with Gasteiger partial charge >= 0.3 is 0 Å². The highest BCUT2D eigenvalue weighted by Crippen LogP contribution is 2.30. The van der Waals surface area contributed by atoms with Gasteiger partial charge in [-0.2, -0.15) is 0 Å². The van der Waals surface area contributed by atoms with E-state index in [0.717, 1.165) is 22.9 Å². The number of hydrogen-bond donors (Lipinski definition) is 1. The molecule has 3 nitrogen and oxygen atoms in total. The Morgan fingerprint density at radius 1 is 1.44 bits per heavy atom.